The summed E-state index contributed by atoms with van der Waals surface area (Å²) in [6.45, 7) is 1.77. The van der Waals surface area contributed by atoms with Crippen LogP contribution in [0.5, 0.6) is 0 Å². The number of hydrogen-bond donors (Lipinski definition) is 0. The van der Waals surface area contributed by atoms with Gasteiger partial charge in [0.15, 0.2) is 0 Å². The Labute approximate surface area is 81.2 Å². The Hall–Kier alpha value is -2.15. The molecule has 0 saturated heterocycles. The number of nitrogens with zero attached hydrogens (tertiary/aromatic N) is 2. The number of nitro groups is 1. The smallest absolute Gasteiger partial charge is 0.258 e. The van der Waals surface area contributed by atoms with Gasteiger partial charge in [0.05, 0.1) is 11.0 Å². The van der Waals surface area contributed by atoms with E-state index in [9.17, 15) is 10.1 Å². The van der Waals surface area contributed by atoms with Crippen molar-refractivity contribution in [3.05, 3.63) is 45.5 Å². The van der Waals surface area contributed by atoms with E-state index in [4.69, 9.17) is 5.26 Å². The maximum absolute atomic E-state index is 10.4. The van der Waals surface area contributed by atoms with Crippen LogP contribution < -0.4 is 0 Å². The summed E-state index contributed by atoms with van der Waals surface area (Å²) in [5.41, 5.74) is 1.67. The van der Waals surface area contributed by atoms with Crippen molar-refractivity contribution >= 4 is 11.8 Å². The summed E-state index contributed by atoms with van der Waals surface area (Å²) < 4.78 is 0. The van der Waals surface area contributed by atoms with E-state index in [-0.39, 0.29) is 5.69 Å². The zero-order chi connectivity index (χ0) is 10.6. The third kappa shape index (κ3) is 2.17. The number of hydrogen-bond acceptors (Lipinski definition) is 3. The van der Waals surface area contributed by atoms with Crippen LogP contribution >= 0.6 is 0 Å². The first-order valence-electron chi connectivity index (χ1n) is 3.96. The van der Waals surface area contributed by atoms with Crippen LogP contribution in [0.2, 0.25) is 0 Å². The average molecular weight is 188 g/mol. The second kappa shape index (κ2) is 4.19. The molecule has 0 amide bonds. The van der Waals surface area contributed by atoms with Gasteiger partial charge in [0.1, 0.15) is 0 Å². The second-order valence-electron chi connectivity index (χ2n) is 2.76. The molecule has 0 radical (unpaired) electrons. The van der Waals surface area contributed by atoms with Crippen molar-refractivity contribution in [3.8, 4) is 6.07 Å². The topological polar surface area (TPSA) is 66.9 Å². The first-order chi connectivity index (χ1) is 6.65. The van der Waals surface area contributed by atoms with Gasteiger partial charge in [-0.15, -0.1) is 0 Å². The summed E-state index contributed by atoms with van der Waals surface area (Å²) in [6.07, 6.45) is 2.97. The van der Waals surface area contributed by atoms with Gasteiger partial charge < -0.3 is 0 Å². The van der Waals surface area contributed by atoms with Crippen molar-refractivity contribution in [1.82, 2.24) is 0 Å². The molecule has 0 fully saturated rings. The minimum atomic E-state index is -0.440. The lowest BCUT2D eigenvalue weighted by Crippen LogP contribution is -1.89. The van der Waals surface area contributed by atoms with E-state index in [1.165, 1.54) is 18.2 Å². The van der Waals surface area contributed by atoms with E-state index in [2.05, 4.69) is 0 Å². The fourth-order valence-corrected chi connectivity index (χ4v) is 1.09. The first kappa shape index (κ1) is 9.93. The number of non-ortho nitro benzene ring substituents is 1. The Balaban J connectivity index is 3.09. The van der Waals surface area contributed by atoms with Crippen molar-refractivity contribution in [2.24, 2.45) is 0 Å². The molecule has 4 heteroatoms. The van der Waals surface area contributed by atoms with Crippen LogP contribution in [0.25, 0.3) is 6.08 Å². The van der Waals surface area contributed by atoms with Crippen molar-refractivity contribution in [2.75, 3.05) is 0 Å². The van der Waals surface area contributed by atoms with Crippen molar-refractivity contribution < 1.29 is 4.92 Å². The highest BCUT2D eigenvalue weighted by Gasteiger charge is 2.05. The van der Waals surface area contributed by atoms with Gasteiger partial charge in [-0.1, -0.05) is 0 Å². The van der Waals surface area contributed by atoms with Gasteiger partial charge in [0, 0.05) is 18.2 Å². The molecule has 14 heavy (non-hydrogen) atoms. The highest BCUT2D eigenvalue weighted by molar-refractivity contribution is 5.57. The van der Waals surface area contributed by atoms with Crippen LogP contribution in [0.15, 0.2) is 24.3 Å². The number of allylic oxidation sites excluding steroid dienone is 1. The van der Waals surface area contributed by atoms with Crippen LogP contribution in [-0.4, -0.2) is 4.92 Å². The van der Waals surface area contributed by atoms with Gasteiger partial charge in [-0.2, -0.15) is 5.26 Å². The van der Waals surface area contributed by atoms with E-state index in [1.54, 1.807) is 19.1 Å². The number of nitriles is 1. The normalized spacial score (nSPS) is 10.0. The highest BCUT2D eigenvalue weighted by atomic mass is 16.6. The molecular weight excluding hydrogens is 180 g/mol. The lowest BCUT2D eigenvalue weighted by Gasteiger charge is -1.98. The van der Waals surface area contributed by atoms with Gasteiger partial charge in [0.25, 0.3) is 5.69 Å². The van der Waals surface area contributed by atoms with Crippen LogP contribution in [0.4, 0.5) is 5.69 Å². The first-order valence-corrected chi connectivity index (χ1v) is 3.96. The quantitative estimate of drug-likeness (QED) is 0.406. The highest BCUT2D eigenvalue weighted by Crippen LogP contribution is 2.17. The van der Waals surface area contributed by atoms with E-state index in [0.29, 0.717) is 0 Å². The van der Waals surface area contributed by atoms with Gasteiger partial charge in [-0.3, -0.25) is 10.1 Å². The molecule has 0 aliphatic rings. The molecule has 0 heterocycles. The largest absolute Gasteiger partial charge is 0.269 e. The number of nitro benzene ring substituents is 1. The van der Waals surface area contributed by atoms with E-state index in [0.717, 1.165) is 11.1 Å². The monoisotopic (exact) mass is 188 g/mol. The summed E-state index contributed by atoms with van der Waals surface area (Å²) in [4.78, 5) is 9.97. The molecule has 0 spiro atoms. The van der Waals surface area contributed by atoms with Gasteiger partial charge in [0.2, 0.25) is 0 Å². The van der Waals surface area contributed by atoms with Gasteiger partial charge >= 0.3 is 0 Å². The molecule has 70 valence electrons. The third-order valence-corrected chi connectivity index (χ3v) is 1.80. The molecule has 0 unspecified atom stereocenters. The summed E-state index contributed by atoms with van der Waals surface area (Å²) in [6, 6.07) is 6.40. The zero-order valence-corrected chi connectivity index (χ0v) is 7.60. The lowest BCUT2D eigenvalue weighted by atomic mass is 10.1. The summed E-state index contributed by atoms with van der Waals surface area (Å²) in [5.74, 6) is 0. The molecule has 0 bridgehead atoms. The fraction of sp³-hybridized carbons (Fsp3) is 0.100. The molecule has 1 aromatic rings. The minimum absolute atomic E-state index is 0.0663. The van der Waals surface area contributed by atoms with Crippen molar-refractivity contribution in [2.45, 2.75) is 6.92 Å². The lowest BCUT2D eigenvalue weighted by molar-refractivity contribution is -0.384. The summed E-state index contributed by atoms with van der Waals surface area (Å²) in [7, 11) is 0. The molecule has 0 saturated carbocycles. The van der Waals surface area contributed by atoms with Gasteiger partial charge in [-0.05, 0) is 30.2 Å². The summed E-state index contributed by atoms with van der Waals surface area (Å²) in [5, 5.41) is 18.7. The third-order valence-electron chi connectivity index (χ3n) is 1.80. The molecule has 0 N–H and O–H groups in total. The van der Waals surface area contributed by atoms with E-state index in [1.807, 2.05) is 6.07 Å². The van der Waals surface area contributed by atoms with Crippen LogP contribution in [0.3, 0.4) is 0 Å². The molecule has 1 rings (SSSR count). The maximum Gasteiger partial charge on any atom is 0.269 e. The fourth-order valence-electron chi connectivity index (χ4n) is 1.09. The van der Waals surface area contributed by atoms with Crippen LogP contribution in [0, 0.1) is 28.4 Å². The van der Waals surface area contributed by atoms with Crippen molar-refractivity contribution in [1.29, 1.82) is 5.26 Å². The molecular formula is C10H8N2O2. The van der Waals surface area contributed by atoms with Gasteiger partial charge in [-0.25, -0.2) is 0 Å². The predicted molar refractivity (Wildman–Crippen MR) is 52.5 cm³/mol. The number of benzene rings is 1. The molecule has 4 nitrogen and oxygen atoms in total. The predicted octanol–water partition coefficient (Wildman–Crippen LogP) is 2.44. The van der Waals surface area contributed by atoms with Crippen LogP contribution in [-0.2, 0) is 0 Å². The van der Waals surface area contributed by atoms with Crippen molar-refractivity contribution in [3.63, 3.8) is 0 Å². The summed E-state index contributed by atoms with van der Waals surface area (Å²) >= 11 is 0. The Kier molecular flexibility index (Phi) is 2.97. The SMILES string of the molecule is Cc1cc([N+](=O)[O-])ccc1/C=C/C#N. The maximum atomic E-state index is 10.4. The Morgan fingerprint density at radius 3 is 2.79 bits per heavy atom. The molecule has 0 aliphatic carbocycles. The Morgan fingerprint density at radius 1 is 1.57 bits per heavy atom. The molecule has 1 aromatic carbocycles. The van der Waals surface area contributed by atoms with Crippen LogP contribution in [0.1, 0.15) is 11.1 Å². The standard InChI is InChI=1S/C10H8N2O2/c1-8-7-10(12(13)14)5-4-9(8)3-2-6-11/h2-5,7H,1H3/b3-2+. The van der Waals surface area contributed by atoms with E-state index < -0.39 is 4.92 Å². The Morgan fingerprint density at radius 2 is 2.29 bits per heavy atom. The number of rotatable bonds is 2. The number of aryl methyl sites for hydroxylation is 1. The average Bonchev–Trinajstić information content (AvgIpc) is 2.15. The molecule has 0 aromatic heterocycles. The minimum Gasteiger partial charge on any atom is -0.258 e. The molecule has 0 atom stereocenters. The van der Waals surface area contributed by atoms with E-state index >= 15 is 0 Å². The zero-order valence-electron chi connectivity index (χ0n) is 7.60. The molecule has 0 aliphatic heterocycles. The second-order valence-corrected chi connectivity index (χ2v) is 2.76. The Bertz CT molecular complexity index is 430.